The number of hydrogen-bond donors (Lipinski definition) is 1. The fraction of sp³-hybridized carbons (Fsp3) is 0.357. The Bertz CT molecular complexity index is 2560. The Morgan fingerprint density at radius 1 is 1.04 bits per heavy atom. The first-order valence-corrected chi connectivity index (χ1v) is 18.5. The number of rotatable bonds is 7. The molecule has 280 valence electrons. The van der Waals surface area contributed by atoms with Gasteiger partial charge in [0, 0.05) is 100 Å². The molecule has 2 unspecified atom stereocenters. The molecular formula is C42H40F2N8O3. The van der Waals surface area contributed by atoms with Crippen LogP contribution in [-0.4, -0.2) is 105 Å². The Morgan fingerprint density at radius 2 is 1.80 bits per heavy atom. The highest BCUT2D eigenvalue weighted by molar-refractivity contribution is 6.18. The van der Waals surface area contributed by atoms with Gasteiger partial charge in [0.15, 0.2) is 11.6 Å². The van der Waals surface area contributed by atoms with Crippen molar-refractivity contribution in [3.63, 3.8) is 0 Å². The minimum absolute atomic E-state index is 0.0372. The number of carbonyl (C=O) groups is 1. The van der Waals surface area contributed by atoms with Gasteiger partial charge >= 0.3 is 0 Å². The Hall–Kier alpha value is -5.71. The number of amides is 1. The number of pyridine rings is 1. The zero-order valence-corrected chi connectivity index (χ0v) is 31.1. The van der Waals surface area contributed by atoms with Gasteiger partial charge in [0.25, 0.3) is 5.91 Å². The summed E-state index contributed by atoms with van der Waals surface area (Å²) >= 11 is 0. The number of aromatic nitrogens is 5. The van der Waals surface area contributed by atoms with E-state index >= 15 is 8.78 Å². The quantitative estimate of drug-likeness (QED) is 0.193. The molecule has 13 heteroatoms. The van der Waals surface area contributed by atoms with Gasteiger partial charge < -0.3 is 19.6 Å². The summed E-state index contributed by atoms with van der Waals surface area (Å²) in [6, 6.07) is 9.73. The number of terminal acetylenes is 1. The first-order valence-electron chi connectivity index (χ1n) is 18.5. The third kappa shape index (κ3) is 5.65. The SMILES string of the molecule is C#Cc1c(F)ccc2cc(O)cc(-c3c(F)c4nc(-c5ccc(C(=O)N(C)C)nc5)nc(N5C6CCC5CN(C5CC(COC)C5)C6)c4c4cn(C)nc34)c12. The van der Waals surface area contributed by atoms with E-state index in [0.717, 1.165) is 45.4 Å². The van der Waals surface area contributed by atoms with Gasteiger partial charge in [-0.15, -0.1) is 6.42 Å². The van der Waals surface area contributed by atoms with Crippen molar-refractivity contribution in [1.29, 1.82) is 0 Å². The maximum Gasteiger partial charge on any atom is 0.271 e. The second-order valence-corrected chi connectivity index (χ2v) is 15.3. The first kappa shape index (κ1) is 35.0. The van der Waals surface area contributed by atoms with E-state index in [9.17, 15) is 9.90 Å². The average Bonchev–Trinajstić information content (AvgIpc) is 3.66. The molecule has 3 aromatic heterocycles. The molecule has 1 saturated carbocycles. The molecule has 11 nitrogen and oxygen atoms in total. The number of phenolic OH excluding ortho intramolecular Hbond substituents is 1. The second kappa shape index (κ2) is 13.2. The summed E-state index contributed by atoms with van der Waals surface area (Å²) in [5, 5.41) is 17.5. The van der Waals surface area contributed by atoms with Gasteiger partial charge in [-0.25, -0.2) is 18.7 Å². The van der Waals surface area contributed by atoms with Crippen molar-refractivity contribution in [2.24, 2.45) is 13.0 Å². The summed E-state index contributed by atoms with van der Waals surface area (Å²) < 4.78 is 40.1. The van der Waals surface area contributed by atoms with Crippen LogP contribution in [0.25, 0.3) is 55.1 Å². The van der Waals surface area contributed by atoms with Crippen LogP contribution in [0.2, 0.25) is 0 Å². The molecule has 1 aliphatic carbocycles. The molecule has 0 spiro atoms. The Balaban J connectivity index is 1.28. The summed E-state index contributed by atoms with van der Waals surface area (Å²) in [5.74, 6) is 2.13. The third-order valence-corrected chi connectivity index (χ3v) is 11.6. The maximum atomic E-state index is 17.9. The number of phenols is 1. The summed E-state index contributed by atoms with van der Waals surface area (Å²) in [6.07, 6.45) is 13.4. The fourth-order valence-corrected chi connectivity index (χ4v) is 9.09. The molecule has 2 saturated heterocycles. The van der Waals surface area contributed by atoms with E-state index in [-0.39, 0.29) is 62.9 Å². The number of methoxy groups -OCH3 is 1. The van der Waals surface area contributed by atoms with Crippen LogP contribution in [0.3, 0.4) is 0 Å². The normalized spacial score (nSPS) is 21.0. The number of nitrogens with zero attached hydrogens (tertiary/aromatic N) is 8. The lowest BCUT2D eigenvalue weighted by Gasteiger charge is -2.49. The standard InChI is InChI=1S/C42H40F2N8O3/c1-6-29-32(43)11-7-23-15-28(53)16-30(34(23)29)35-37(44)39-36(31-20-50(4)48-38(31)35)41(47-40(46-39)24-8-12-33(45-17-24)42(54)49(2)3)52-25-9-10-26(52)19-51(18-25)27-13-22(14-27)21-55-5/h1,7-8,11-12,15-17,20,22,25-27,53H,9-10,13-14,18-19,21H2,2-5H3. The molecule has 9 rings (SSSR count). The number of piperazine rings is 1. The molecule has 6 aromatic rings. The van der Waals surface area contributed by atoms with Gasteiger partial charge in [-0.05, 0) is 72.9 Å². The van der Waals surface area contributed by atoms with Crippen LogP contribution in [0.5, 0.6) is 5.75 Å². The molecule has 55 heavy (non-hydrogen) atoms. The van der Waals surface area contributed by atoms with Crippen LogP contribution in [0.15, 0.2) is 48.8 Å². The highest BCUT2D eigenvalue weighted by Gasteiger charge is 2.46. The minimum Gasteiger partial charge on any atom is -0.508 e. The number of anilines is 1. The number of carbonyl (C=O) groups excluding carboxylic acids is 1. The van der Waals surface area contributed by atoms with Crippen molar-refractivity contribution in [3.05, 3.63) is 71.7 Å². The molecule has 0 radical (unpaired) electrons. The molecule has 2 bridgehead atoms. The van der Waals surface area contributed by atoms with E-state index in [1.54, 1.807) is 45.1 Å². The number of benzene rings is 3. The molecule has 2 aliphatic heterocycles. The molecule has 3 aliphatic rings. The van der Waals surface area contributed by atoms with E-state index in [1.165, 1.54) is 35.4 Å². The van der Waals surface area contributed by atoms with Gasteiger partial charge in [0.1, 0.15) is 34.1 Å². The van der Waals surface area contributed by atoms with Crippen molar-refractivity contribution in [3.8, 4) is 40.6 Å². The van der Waals surface area contributed by atoms with Crippen molar-refractivity contribution in [2.75, 3.05) is 45.8 Å². The largest absolute Gasteiger partial charge is 0.508 e. The number of ether oxygens (including phenoxy) is 1. The Morgan fingerprint density at radius 3 is 2.47 bits per heavy atom. The Kier molecular flexibility index (Phi) is 8.43. The summed E-state index contributed by atoms with van der Waals surface area (Å²) in [7, 11) is 6.83. The number of aryl methyl sites for hydroxylation is 1. The monoisotopic (exact) mass is 742 g/mol. The fourth-order valence-electron chi connectivity index (χ4n) is 9.09. The van der Waals surface area contributed by atoms with Crippen molar-refractivity contribution in [2.45, 2.75) is 43.8 Å². The van der Waals surface area contributed by atoms with Crippen LogP contribution in [0.1, 0.15) is 41.7 Å². The maximum absolute atomic E-state index is 17.9. The molecule has 5 heterocycles. The van der Waals surface area contributed by atoms with Gasteiger partial charge in [-0.2, -0.15) is 5.10 Å². The lowest BCUT2D eigenvalue weighted by molar-refractivity contribution is 0.0199. The number of likely N-dealkylation sites (tertiary alicyclic amines) is 1. The summed E-state index contributed by atoms with van der Waals surface area (Å²) in [5.41, 5.74) is 1.30. The van der Waals surface area contributed by atoms with Gasteiger partial charge in [0.05, 0.1) is 10.9 Å². The number of aromatic hydroxyl groups is 1. The smallest absolute Gasteiger partial charge is 0.271 e. The van der Waals surface area contributed by atoms with Crippen molar-refractivity contribution >= 4 is 44.3 Å². The van der Waals surface area contributed by atoms with Gasteiger partial charge in [0.2, 0.25) is 0 Å². The van der Waals surface area contributed by atoms with Crippen molar-refractivity contribution < 1.29 is 23.4 Å². The number of hydrogen-bond acceptors (Lipinski definition) is 9. The van der Waals surface area contributed by atoms with E-state index in [4.69, 9.17) is 26.2 Å². The molecule has 2 atom stereocenters. The highest BCUT2D eigenvalue weighted by atomic mass is 19.1. The molecule has 3 fully saturated rings. The number of fused-ring (bicyclic) bond motifs is 6. The van der Waals surface area contributed by atoms with Gasteiger partial charge in [-0.1, -0.05) is 12.0 Å². The second-order valence-electron chi connectivity index (χ2n) is 15.3. The van der Waals surface area contributed by atoms with E-state index in [1.807, 2.05) is 6.20 Å². The van der Waals surface area contributed by atoms with E-state index in [0.29, 0.717) is 45.0 Å². The van der Waals surface area contributed by atoms with Crippen LogP contribution in [0, 0.1) is 29.9 Å². The third-order valence-electron chi connectivity index (χ3n) is 11.6. The van der Waals surface area contributed by atoms with Crippen LogP contribution in [-0.2, 0) is 11.8 Å². The number of halogens is 2. The molecule has 1 N–H and O–H groups in total. The van der Waals surface area contributed by atoms with Crippen LogP contribution < -0.4 is 4.90 Å². The predicted molar refractivity (Wildman–Crippen MR) is 207 cm³/mol. The predicted octanol–water partition coefficient (Wildman–Crippen LogP) is 6.14. The minimum atomic E-state index is -0.706. The molecule has 3 aromatic carbocycles. The van der Waals surface area contributed by atoms with Crippen LogP contribution in [0.4, 0.5) is 14.6 Å². The molecule has 1 amide bonds. The lowest BCUT2D eigenvalue weighted by Crippen LogP contribution is -2.59. The first-order chi connectivity index (χ1) is 26.5. The molecular weight excluding hydrogens is 703 g/mol. The van der Waals surface area contributed by atoms with Gasteiger partial charge in [-0.3, -0.25) is 19.4 Å². The average molecular weight is 743 g/mol. The Labute approximate surface area is 316 Å². The summed E-state index contributed by atoms with van der Waals surface area (Å²) in [6.45, 7) is 2.50. The van der Waals surface area contributed by atoms with Crippen molar-refractivity contribution in [1.82, 2.24) is 34.5 Å². The summed E-state index contributed by atoms with van der Waals surface area (Å²) in [4.78, 5) is 33.6. The topological polar surface area (TPSA) is 113 Å². The highest BCUT2D eigenvalue weighted by Crippen LogP contribution is 2.47. The lowest BCUT2D eigenvalue weighted by atomic mass is 9.79. The van der Waals surface area contributed by atoms with Crippen LogP contribution >= 0.6 is 0 Å². The van der Waals surface area contributed by atoms with E-state index < -0.39 is 11.6 Å². The van der Waals surface area contributed by atoms with E-state index in [2.05, 4.69) is 20.7 Å². The zero-order valence-electron chi connectivity index (χ0n) is 31.1. The zero-order chi connectivity index (χ0) is 38.3.